The first-order valence-electron chi connectivity index (χ1n) is 8.34. The quantitative estimate of drug-likeness (QED) is 0.612. The van der Waals surface area contributed by atoms with Crippen molar-refractivity contribution in [2.24, 2.45) is 0 Å². The summed E-state index contributed by atoms with van der Waals surface area (Å²) in [6.07, 6.45) is 4.17. The number of benzene rings is 2. The van der Waals surface area contributed by atoms with Gasteiger partial charge >= 0.3 is 0 Å². The normalized spacial score (nSPS) is 14.8. The fraction of sp³-hybridized carbons (Fsp3) is 0.211. The molecule has 118 valence electrons. The molecule has 1 fully saturated rings. The minimum Gasteiger partial charge on any atom is -0.356 e. The molecule has 3 heterocycles. The van der Waals surface area contributed by atoms with E-state index < -0.39 is 0 Å². The van der Waals surface area contributed by atoms with Gasteiger partial charge < -0.3 is 9.88 Å². The summed E-state index contributed by atoms with van der Waals surface area (Å²) in [5.41, 5.74) is 3.88. The minimum absolute atomic E-state index is 0.744. The number of H-pyrrole nitrogens is 1. The molecule has 0 spiro atoms. The fourth-order valence-electron chi connectivity index (χ4n) is 3.50. The maximum Gasteiger partial charge on any atom is 0.164 e. The van der Waals surface area contributed by atoms with E-state index in [2.05, 4.69) is 33.1 Å². The van der Waals surface area contributed by atoms with Crippen LogP contribution in [0.1, 0.15) is 12.8 Å². The van der Waals surface area contributed by atoms with E-state index in [0.717, 1.165) is 52.2 Å². The van der Waals surface area contributed by atoms with Gasteiger partial charge in [0.05, 0.1) is 22.9 Å². The molecule has 0 radical (unpaired) electrons. The average molecular weight is 315 g/mol. The van der Waals surface area contributed by atoms with Gasteiger partial charge in [-0.1, -0.05) is 18.2 Å². The third-order valence-electron chi connectivity index (χ3n) is 4.68. The van der Waals surface area contributed by atoms with Crippen LogP contribution in [0.3, 0.4) is 0 Å². The minimum atomic E-state index is 0.744. The lowest BCUT2D eigenvalue weighted by Gasteiger charge is -2.19. The van der Waals surface area contributed by atoms with Crippen LogP contribution in [0.25, 0.3) is 33.3 Å². The third kappa shape index (κ3) is 2.05. The van der Waals surface area contributed by atoms with E-state index in [0.29, 0.717) is 0 Å². The van der Waals surface area contributed by atoms with Crippen LogP contribution in [0.2, 0.25) is 0 Å². The van der Waals surface area contributed by atoms with E-state index in [4.69, 9.17) is 9.97 Å². The zero-order chi connectivity index (χ0) is 15.9. The number of aromatic amines is 1. The zero-order valence-electron chi connectivity index (χ0n) is 13.2. The SMILES string of the molecule is c1ccc2c(N3CCCC3)nc(-c3cccc4[nH]cnc34)nc2c1. The molecule has 2 aromatic carbocycles. The third-order valence-corrected chi connectivity index (χ3v) is 4.68. The van der Waals surface area contributed by atoms with Gasteiger partial charge in [0.1, 0.15) is 5.82 Å². The number of imidazole rings is 1. The van der Waals surface area contributed by atoms with E-state index in [1.807, 2.05) is 24.3 Å². The number of nitrogens with zero attached hydrogens (tertiary/aromatic N) is 4. The lowest BCUT2D eigenvalue weighted by atomic mass is 10.1. The number of hydrogen-bond acceptors (Lipinski definition) is 4. The molecule has 0 aliphatic carbocycles. The Morgan fingerprint density at radius 1 is 0.917 bits per heavy atom. The first-order valence-corrected chi connectivity index (χ1v) is 8.34. The molecular formula is C19H17N5. The number of rotatable bonds is 2. The van der Waals surface area contributed by atoms with Crippen molar-refractivity contribution in [2.75, 3.05) is 18.0 Å². The molecule has 0 unspecified atom stereocenters. The van der Waals surface area contributed by atoms with Crippen LogP contribution in [0.5, 0.6) is 0 Å². The number of aromatic nitrogens is 4. The van der Waals surface area contributed by atoms with Crippen molar-refractivity contribution in [1.29, 1.82) is 0 Å². The summed E-state index contributed by atoms with van der Waals surface area (Å²) in [7, 11) is 0. The smallest absolute Gasteiger partial charge is 0.164 e. The fourth-order valence-corrected chi connectivity index (χ4v) is 3.50. The number of anilines is 1. The Morgan fingerprint density at radius 2 is 1.79 bits per heavy atom. The highest BCUT2D eigenvalue weighted by Crippen LogP contribution is 2.31. The molecule has 1 N–H and O–H groups in total. The molecule has 1 aliphatic heterocycles. The van der Waals surface area contributed by atoms with Gasteiger partial charge in [-0.15, -0.1) is 0 Å². The molecule has 0 atom stereocenters. The average Bonchev–Trinajstić information content (AvgIpc) is 3.32. The second-order valence-corrected chi connectivity index (χ2v) is 6.19. The topological polar surface area (TPSA) is 57.7 Å². The van der Waals surface area contributed by atoms with Gasteiger partial charge in [0, 0.05) is 24.0 Å². The Morgan fingerprint density at radius 3 is 2.71 bits per heavy atom. The van der Waals surface area contributed by atoms with Crippen molar-refractivity contribution in [3.05, 3.63) is 48.8 Å². The lowest BCUT2D eigenvalue weighted by molar-refractivity contribution is 0.941. The maximum absolute atomic E-state index is 4.94. The molecule has 4 aromatic rings. The standard InChI is InChI=1S/C19H17N5/c1-2-8-15-13(6-1)19(24-10-3-4-11-24)23-18(22-15)14-7-5-9-16-17(14)21-12-20-16/h1-2,5-9,12H,3-4,10-11H2,(H,20,21). The van der Waals surface area contributed by atoms with Crippen LogP contribution in [0.4, 0.5) is 5.82 Å². The summed E-state index contributed by atoms with van der Waals surface area (Å²) in [5, 5.41) is 1.12. The number of hydrogen-bond donors (Lipinski definition) is 1. The van der Waals surface area contributed by atoms with E-state index >= 15 is 0 Å². The first kappa shape index (κ1) is 13.5. The van der Waals surface area contributed by atoms with Gasteiger partial charge in [-0.05, 0) is 37.1 Å². The van der Waals surface area contributed by atoms with Gasteiger partial charge in [0.25, 0.3) is 0 Å². The molecule has 24 heavy (non-hydrogen) atoms. The molecule has 1 aliphatic rings. The summed E-state index contributed by atoms with van der Waals surface area (Å²) in [5.74, 6) is 1.79. The second kappa shape index (κ2) is 5.30. The number of fused-ring (bicyclic) bond motifs is 2. The predicted molar refractivity (Wildman–Crippen MR) is 96.1 cm³/mol. The summed E-state index contributed by atoms with van der Waals surface area (Å²) >= 11 is 0. The van der Waals surface area contributed by atoms with Gasteiger partial charge in [-0.3, -0.25) is 0 Å². The molecule has 0 amide bonds. The van der Waals surface area contributed by atoms with Gasteiger partial charge in [-0.25, -0.2) is 15.0 Å². The Hall–Kier alpha value is -2.95. The van der Waals surface area contributed by atoms with E-state index in [1.54, 1.807) is 6.33 Å². The molecule has 5 heteroatoms. The van der Waals surface area contributed by atoms with Gasteiger partial charge in [0.2, 0.25) is 0 Å². The van der Waals surface area contributed by atoms with Gasteiger partial charge in [0.15, 0.2) is 5.82 Å². The van der Waals surface area contributed by atoms with E-state index in [1.165, 1.54) is 12.8 Å². The van der Waals surface area contributed by atoms with Crippen molar-refractivity contribution in [2.45, 2.75) is 12.8 Å². The summed E-state index contributed by atoms with van der Waals surface area (Å²) in [6.45, 7) is 2.13. The predicted octanol–water partition coefficient (Wildman–Crippen LogP) is 3.77. The monoisotopic (exact) mass is 315 g/mol. The highest BCUT2D eigenvalue weighted by atomic mass is 15.2. The molecule has 2 aromatic heterocycles. The van der Waals surface area contributed by atoms with E-state index in [9.17, 15) is 0 Å². The van der Waals surface area contributed by atoms with E-state index in [-0.39, 0.29) is 0 Å². The van der Waals surface area contributed by atoms with Crippen LogP contribution in [-0.2, 0) is 0 Å². The number of para-hydroxylation sites is 2. The first-order chi connectivity index (χ1) is 11.9. The Bertz CT molecular complexity index is 1030. The van der Waals surface area contributed by atoms with Crippen LogP contribution in [0, 0.1) is 0 Å². The summed E-state index contributed by atoms with van der Waals surface area (Å²) in [4.78, 5) is 19.7. The second-order valence-electron chi connectivity index (χ2n) is 6.19. The van der Waals surface area contributed by atoms with Crippen LogP contribution in [-0.4, -0.2) is 33.0 Å². The largest absolute Gasteiger partial charge is 0.356 e. The van der Waals surface area contributed by atoms with Crippen LogP contribution < -0.4 is 4.90 Å². The zero-order valence-corrected chi connectivity index (χ0v) is 13.2. The van der Waals surface area contributed by atoms with Crippen molar-refractivity contribution in [1.82, 2.24) is 19.9 Å². The molecule has 1 saturated heterocycles. The highest BCUT2D eigenvalue weighted by Gasteiger charge is 2.19. The maximum atomic E-state index is 4.94. The Balaban J connectivity index is 1.78. The lowest BCUT2D eigenvalue weighted by Crippen LogP contribution is -2.20. The molecule has 5 rings (SSSR count). The molecule has 0 bridgehead atoms. The van der Waals surface area contributed by atoms with Gasteiger partial charge in [-0.2, -0.15) is 0 Å². The molecule has 5 nitrogen and oxygen atoms in total. The highest BCUT2D eigenvalue weighted by molar-refractivity contribution is 5.94. The van der Waals surface area contributed by atoms with Crippen LogP contribution in [0.15, 0.2) is 48.8 Å². The van der Waals surface area contributed by atoms with Crippen molar-refractivity contribution >= 4 is 27.8 Å². The molecular weight excluding hydrogens is 298 g/mol. The molecule has 0 saturated carbocycles. The number of nitrogens with one attached hydrogen (secondary N) is 1. The summed E-state index contributed by atoms with van der Waals surface area (Å²) in [6, 6.07) is 14.3. The van der Waals surface area contributed by atoms with Crippen LogP contribution >= 0.6 is 0 Å². The summed E-state index contributed by atoms with van der Waals surface area (Å²) < 4.78 is 0. The van der Waals surface area contributed by atoms with Crippen molar-refractivity contribution < 1.29 is 0 Å². The van der Waals surface area contributed by atoms with Crippen molar-refractivity contribution in [3.8, 4) is 11.4 Å². The van der Waals surface area contributed by atoms with Crippen molar-refractivity contribution in [3.63, 3.8) is 0 Å². The Kier molecular flexibility index (Phi) is 2.98. The Labute approximate surface area is 139 Å².